The number of aromatic nitrogens is 1. The average molecular weight is 302 g/mol. The number of hydrogen-bond acceptors (Lipinski definition) is 5. The number of amides is 3. The van der Waals surface area contributed by atoms with E-state index in [2.05, 4.69) is 10.3 Å². The van der Waals surface area contributed by atoms with Gasteiger partial charge in [-0.25, -0.2) is 0 Å². The van der Waals surface area contributed by atoms with Gasteiger partial charge < -0.3 is 9.80 Å². The predicted molar refractivity (Wildman–Crippen MR) is 79.3 cm³/mol. The van der Waals surface area contributed by atoms with Crippen molar-refractivity contribution >= 4 is 23.4 Å². The summed E-state index contributed by atoms with van der Waals surface area (Å²) in [4.78, 5) is 43.7. The van der Waals surface area contributed by atoms with Crippen LogP contribution in [0.2, 0.25) is 0 Å². The molecule has 0 aromatic carbocycles. The summed E-state index contributed by atoms with van der Waals surface area (Å²) in [5.41, 5.74) is 1.16. The summed E-state index contributed by atoms with van der Waals surface area (Å²) >= 11 is 0. The first-order valence-corrected chi connectivity index (χ1v) is 7.27. The van der Waals surface area contributed by atoms with Crippen molar-refractivity contribution < 1.29 is 14.4 Å². The third-order valence-electron chi connectivity index (χ3n) is 3.93. The number of nitrogens with zero attached hydrogens (tertiary/aromatic N) is 3. The fourth-order valence-electron chi connectivity index (χ4n) is 2.63. The number of nitrogens with one attached hydrogen (secondary N) is 1. The molecule has 0 bridgehead atoms. The first-order chi connectivity index (χ1) is 10.5. The number of rotatable bonds is 4. The Morgan fingerprint density at radius 1 is 1.32 bits per heavy atom. The van der Waals surface area contributed by atoms with Crippen molar-refractivity contribution in [1.82, 2.24) is 15.2 Å². The molecule has 1 aliphatic carbocycles. The molecule has 1 atom stereocenters. The Balaban J connectivity index is 1.89. The Kier molecular flexibility index (Phi) is 3.56. The van der Waals surface area contributed by atoms with Gasteiger partial charge in [0, 0.05) is 32.0 Å². The van der Waals surface area contributed by atoms with Gasteiger partial charge >= 0.3 is 0 Å². The average Bonchev–Trinajstić information content (AvgIpc) is 3.25. The van der Waals surface area contributed by atoms with Crippen LogP contribution >= 0.6 is 0 Å². The zero-order valence-electron chi connectivity index (χ0n) is 12.6. The van der Waals surface area contributed by atoms with Crippen LogP contribution in [0.1, 0.15) is 29.8 Å². The molecular weight excluding hydrogens is 284 g/mol. The van der Waals surface area contributed by atoms with Crippen LogP contribution < -0.4 is 10.2 Å². The van der Waals surface area contributed by atoms with Gasteiger partial charge in [0.2, 0.25) is 11.8 Å². The van der Waals surface area contributed by atoms with Gasteiger partial charge in [-0.1, -0.05) is 0 Å². The van der Waals surface area contributed by atoms with Gasteiger partial charge in [-0.05, 0) is 25.0 Å². The van der Waals surface area contributed by atoms with E-state index in [-0.39, 0.29) is 24.3 Å². The lowest BCUT2D eigenvalue weighted by Gasteiger charge is -2.26. The highest BCUT2D eigenvalue weighted by Crippen LogP contribution is 2.32. The van der Waals surface area contributed by atoms with Crippen LogP contribution in [0.25, 0.3) is 0 Å². The zero-order valence-corrected chi connectivity index (χ0v) is 12.6. The predicted octanol–water partition coefficient (Wildman–Crippen LogP) is 0.167. The number of pyridine rings is 1. The molecule has 1 aliphatic heterocycles. The maximum absolute atomic E-state index is 12.8. The minimum Gasteiger partial charge on any atom is -0.378 e. The van der Waals surface area contributed by atoms with Gasteiger partial charge in [0.15, 0.2) is 0 Å². The van der Waals surface area contributed by atoms with E-state index in [1.165, 1.54) is 4.90 Å². The Bertz CT molecular complexity index is 639. The van der Waals surface area contributed by atoms with Crippen molar-refractivity contribution in [2.45, 2.75) is 31.3 Å². The molecule has 2 fully saturated rings. The maximum atomic E-state index is 12.8. The number of carbonyl (C=O) groups is 3. The summed E-state index contributed by atoms with van der Waals surface area (Å²) in [6, 6.07) is 2.83. The van der Waals surface area contributed by atoms with Gasteiger partial charge in [0.05, 0.1) is 6.42 Å². The molecular formula is C15H18N4O3. The number of imide groups is 1. The van der Waals surface area contributed by atoms with Crippen LogP contribution in [0.15, 0.2) is 18.3 Å². The lowest BCUT2D eigenvalue weighted by Crippen LogP contribution is -2.46. The van der Waals surface area contributed by atoms with Crippen molar-refractivity contribution in [3.8, 4) is 0 Å². The number of carbonyl (C=O) groups excluding carboxylic acids is 3. The first kappa shape index (κ1) is 14.5. The third kappa shape index (κ3) is 2.66. The topological polar surface area (TPSA) is 82.6 Å². The van der Waals surface area contributed by atoms with E-state index in [9.17, 15) is 14.4 Å². The van der Waals surface area contributed by atoms with Crippen LogP contribution in [0.4, 0.5) is 5.69 Å². The monoisotopic (exact) mass is 302 g/mol. The molecule has 3 amide bonds. The summed E-state index contributed by atoms with van der Waals surface area (Å²) in [5, 5.41) is 2.27. The Morgan fingerprint density at radius 2 is 2.05 bits per heavy atom. The van der Waals surface area contributed by atoms with Crippen LogP contribution in [-0.2, 0) is 9.59 Å². The highest BCUT2D eigenvalue weighted by Gasteiger charge is 2.45. The van der Waals surface area contributed by atoms with Crippen LogP contribution in [-0.4, -0.2) is 53.8 Å². The smallest absolute Gasteiger partial charge is 0.273 e. The molecule has 0 unspecified atom stereocenters. The molecule has 0 spiro atoms. The molecule has 3 rings (SSSR count). The lowest BCUT2D eigenvalue weighted by atomic mass is 10.1. The molecule has 1 aromatic heterocycles. The Hall–Kier alpha value is -2.44. The SMILES string of the molecule is CN(C)c1ccnc(C(=O)N(C2CC2)[C@@H]2CC(=O)NC2=O)c1. The molecule has 7 heteroatoms. The summed E-state index contributed by atoms with van der Waals surface area (Å²) < 4.78 is 0. The van der Waals surface area contributed by atoms with Gasteiger partial charge in [-0.15, -0.1) is 0 Å². The molecule has 1 saturated heterocycles. The summed E-state index contributed by atoms with van der Waals surface area (Å²) in [6.45, 7) is 0. The highest BCUT2D eigenvalue weighted by molar-refractivity contribution is 6.08. The second-order valence-electron chi connectivity index (χ2n) is 5.87. The van der Waals surface area contributed by atoms with Gasteiger partial charge in [0.25, 0.3) is 5.91 Å². The van der Waals surface area contributed by atoms with E-state index in [0.29, 0.717) is 5.69 Å². The molecule has 116 valence electrons. The number of anilines is 1. The van der Waals surface area contributed by atoms with Crippen LogP contribution in [0.5, 0.6) is 0 Å². The summed E-state index contributed by atoms with van der Waals surface area (Å²) in [5.74, 6) is -1.02. The van der Waals surface area contributed by atoms with Crippen LogP contribution in [0, 0.1) is 0 Å². The normalized spacial score (nSPS) is 20.7. The minimum atomic E-state index is -0.711. The Labute approximate surface area is 128 Å². The van der Waals surface area contributed by atoms with E-state index in [0.717, 1.165) is 18.5 Å². The third-order valence-corrected chi connectivity index (χ3v) is 3.93. The molecule has 22 heavy (non-hydrogen) atoms. The summed E-state index contributed by atoms with van der Waals surface area (Å²) in [6.07, 6.45) is 3.33. The van der Waals surface area contributed by atoms with E-state index < -0.39 is 11.9 Å². The van der Waals surface area contributed by atoms with E-state index in [1.807, 2.05) is 25.1 Å². The van der Waals surface area contributed by atoms with Gasteiger partial charge in [0.1, 0.15) is 11.7 Å². The second kappa shape index (κ2) is 5.40. The standard InChI is InChI=1S/C15H18N4O3/c1-18(2)10-5-6-16-11(7-10)15(22)19(9-3-4-9)12-8-13(20)17-14(12)21/h5-7,9,12H,3-4,8H2,1-2H3,(H,17,20,21)/t12-/m1/s1. The van der Waals surface area contributed by atoms with Crippen LogP contribution in [0.3, 0.4) is 0 Å². The molecule has 1 N–H and O–H groups in total. The van der Waals surface area contributed by atoms with Crippen molar-refractivity contribution in [3.05, 3.63) is 24.0 Å². The quantitative estimate of drug-likeness (QED) is 0.802. The Morgan fingerprint density at radius 3 is 2.59 bits per heavy atom. The van der Waals surface area contributed by atoms with Crippen molar-refractivity contribution in [1.29, 1.82) is 0 Å². The van der Waals surface area contributed by atoms with Gasteiger partial charge in [-0.2, -0.15) is 0 Å². The molecule has 1 saturated carbocycles. The summed E-state index contributed by atoms with van der Waals surface area (Å²) in [7, 11) is 3.76. The van der Waals surface area contributed by atoms with Gasteiger partial charge in [-0.3, -0.25) is 24.7 Å². The van der Waals surface area contributed by atoms with Crippen molar-refractivity contribution in [2.75, 3.05) is 19.0 Å². The fraction of sp³-hybridized carbons (Fsp3) is 0.467. The largest absolute Gasteiger partial charge is 0.378 e. The molecule has 0 radical (unpaired) electrons. The van der Waals surface area contributed by atoms with Crippen molar-refractivity contribution in [2.24, 2.45) is 0 Å². The lowest BCUT2D eigenvalue weighted by molar-refractivity contribution is -0.126. The fourth-order valence-corrected chi connectivity index (χ4v) is 2.63. The maximum Gasteiger partial charge on any atom is 0.273 e. The minimum absolute atomic E-state index is 0.0268. The molecule has 2 heterocycles. The van der Waals surface area contributed by atoms with Crippen molar-refractivity contribution in [3.63, 3.8) is 0 Å². The van der Waals surface area contributed by atoms with E-state index in [4.69, 9.17) is 0 Å². The first-order valence-electron chi connectivity index (χ1n) is 7.27. The van der Waals surface area contributed by atoms with E-state index >= 15 is 0 Å². The number of hydrogen-bond donors (Lipinski definition) is 1. The second-order valence-corrected chi connectivity index (χ2v) is 5.87. The zero-order chi connectivity index (χ0) is 15.9. The molecule has 1 aromatic rings. The molecule has 7 nitrogen and oxygen atoms in total. The highest BCUT2D eigenvalue weighted by atomic mass is 16.2. The molecule has 2 aliphatic rings. The van der Waals surface area contributed by atoms with E-state index in [1.54, 1.807) is 12.3 Å².